The first-order valence-corrected chi connectivity index (χ1v) is 16.7. The van der Waals surface area contributed by atoms with Crippen molar-refractivity contribution in [1.82, 2.24) is 20.9 Å². The van der Waals surface area contributed by atoms with Gasteiger partial charge in [-0.3, -0.25) is 14.4 Å². The molecule has 0 radical (unpaired) electrons. The molecule has 9 heteroatoms. The predicted octanol–water partition coefficient (Wildman–Crippen LogP) is 4.03. The van der Waals surface area contributed by atoms with Gasteiger partial charge in [0.1, 0.15) is 17.3 Å². The number of ether oxygens (including phenoxy) is 1. The molecule has 0 aliphatic carbocycles. The lowest BCUT2D eigenvalue weighted by molar-refractivity contribution is -0.144. The minimum Gasteiger partial charge on any atom is -0.497 e. The van der Waals surface area contributed by atoms with E-state index in [1.165, 1.54) is 6.92 Å². The van der Waals surface area contributed by atoms with Gasteiger partial charge in [-0.05, 0) is 60.4 Å². The molecular weight excluding hydrogens is 592 g/mol. The van der Waals surface area contributed by atoms with E-state index in [2.05, 4.69) is 16.0 Å². The summed E-state index contributed by atoms with van der Waals surface area (Å²) in [5.41, 5.74) is 2.00. The number of hydrogen-bond donors (Lipinski definition) is 4. The number of carbonyl (C=O) groups is 3. The average Bonchev–Trinajstić information content (AvgIpc) is 3.40. The highest BCUT2D eigenvalue weighted by molar-refractivity contribution is 5.96. The fourth-order valence-electron chi connectivity index (χ4n) is 6.51. The number of benzene rings is 3. The molecule has 0 bridgehead atoms. The molecule has 3 aromatic carbocycles. The molecule has 1 saturated heterocycles. The minimum atomic E-state index is -1.06. The zero-order valence-electron chi connectivity index (χ0n) is 28.1. The second-order valence-electron chi connectivity index (χ2n) is 12.6. The van der Waals surface area contributed by atoms with Crippen molar-refractivity contribution in [3.63, 3.8) is 0 Å². The van der Waals surface area contributed by atoms with Crippen LogP contribution < -0.4 is 20.7 Å². The van der Waals surface area contributed by atoms with E-state index < -0.39 is 23.7 Å². The van der Waals surface area contributed by atoms with Crippen LogP contribution in [0.25, 0.3) is 0 Å². The maximum absolute atomic E-state index is 14.3. The van der Waals surface area contributed by atoms with Crippen LogP contribution in [-0.4, -0.2) is 71.7 Å². The van der Waals surface area contributed by atoms with E-state index in [9.17, 15) is 19.5 Å². The second-order valence-corrected chi connectivity index (χ2v) is 12.6. The zero-order valence-corrected chi connectivity index (χ0v) is 28.1. The van der Waals surface area contributed by atoms with Gasteiger partial charge in [0.2, 0.25) is 17.7 Å². The number of amides is 3. The summed E-state index contributed by atoms with van der Waals surface area (Å²) in [5, 5.41) is 20.9. The lowest BCUT2D eigenvalue weighted by Crippen LogP contribution is -2.60. The molecule has 3 amide bonds. The van der Waals surface area contributed by atoms with E-state index >= 15 is 0 Å². The maximum atomic E-state index is 14.3. The molecule has 0 unspecified atom stereocenters. The SMILES string of the molecule is CC[C@H](C)[C@@]1(NC(C)=O)CCN([C@@H](CCc2ccccc2)C(=O)N[C@@H](Cc2ccccc2)[C@H](O)CNCc2cccc(OC)c2)C1=O. The number of carbonyl (C=O) groups excluding carboxylic acids is 3. The summed E-state index contributed by atoms with van der Waals surface area (Å²) in [6.45, 7) is 6.51. The third kappa shape index (κ3) is 9.42. The van der Waals surface area contributed by atoms with Crippen LogP contribution in [0.1, 0.15) is 56.7 Å². The third-order valence-corrected chi connectivity index (χ3v) is 9.38. The predicted molar refractivity (Wildman–Crippen MR) is 184 cm³/mol. The van der Waals surface area contributed by atoms with E-state index in [4.69, 9.17) is 4.74 Å². The smallest absolute Gasteiger partial charge is 0.249 e. The molecule has 1 heterocycles. The molecule has 0 spiro atoms. The van der Waals surface area contributed by atoms with Gasteiger partial charge in [-0.25, -0.2) is 0 Å². The topological polar surface area (TPSA) is 120 Å². The number of likely N-dealkylation sites (tertiary alicyclic amines) is 1. The monoisotopic (exact) mass is 642 g/mol. The molecule has 0 aromatic heterocycles. The number of methoxy groups -OCH3 is 1. The Hall–Kier alpha value is -4.21. The van der Waals surface area contributed by atoms with Crippen LogP contribution in [-0.2, 0) is 33.8 Å². The van der Waals surface area contributed by atoms with Crippen molar-refractivity contribution in [3.05, 3.63) is 102 Å². The number of nitrogens with one attached hydrogen (secondary N) is 3. The van der Waals surface area contributed by atoms with Gasteiger partial charge in [0, 0.05) is 26.6 Å². The van der Waals surface area contributed by atoms with Gasteiger partial charge in [-0.15, -0.1) is 0 Å². The maximum Gasteiger partial charge on any atom is 0.249 e. The van der Waals surface area contributed by atoms with Crippen LogP contribution >= 0.6 is 0 Å². The van der Waals surface area contributed by atoms with Gasteiger partial charge in [0.15, 0.2) is 0 Å². The number of nitrogens with zero attached hydrogens (tertiary/aromatic N) is 1. The largest absolute Gasteiger partial charge is 0.497 e. The quantitative estimate of drug-likeness (QED) is 0.177. The third-order valence-electron chi connectivity index (χ3n) is 9.38. The number of hydrogen-bond acceptors (Lipinski definition) is 6. The molecule has 252 valence electrons. The molecule has 5 atom stereocenters. The summed E-state index contributed by atoms with van der Waals surface area (Å²) in [6.07, 6.45) is 1.63. The van der Waals surface area contributed by atoms with Crippen molar-refractivity contribution in [1.29, 1.82) is 0 Å². The molecule has 3 aromatic rings. The van der Waals surface area contributed by atoms with Crippen LogP contribution in [0, 0.1) is 5.92 Å². The van der Waals surface area contributed by atoms with Crippen LogP contribution in [0.4, 0.5) is 0 Å². The van der Waals surface area contributed by atoms with E-state index in [-0.39, 0.29) is 30.2 Å². The van der Waals surface area contributed by atoms with Gasteiger partial charge in [-0.1, -0.05) is 93.1 Å². The highest BCUT2D eigenvalue weighted by atomic mass is 16.5. The van der Waals surface area contributed by atoms with Crippen molar-refractivity contribution < 1.29 is 24.2 Å². The first-order valence-electron chi connectivity index (χ1n) is 16.7. The van der Waals surface area contributed by atoms with Crippen LogP contribution in [0.3, 0.4) is 0 Å². The highest BCUT2D eigenvalue weighted by Crippen LogP contribution is 2.34. The van der Waals surface area contributed by atoms with E-state index in [1.807, 2.05) is 98.8 Å². The number of aliphatic hydroxyl groups excluding tert-OH is 1. The van der Waals surface area contributed by atoms with E-state index in [1.54, 1.807) is 12.0 Å². The Morgan fingerprint density at radius 1 is 0.979 bits per heavy atom. The Morgan fingerprint density at radius 2 is 1.64 bits per heavy atom. The van der Waals surface area contributed by atoms with Gasteiger partial charge >= 0.3 is 0 Å². The Balaban J connectivity index is 1.56. The van der Waals surface area contributed by atoms with Gasteiger partial charge in [0.05, 0.1) is 19.3 Å². The fraction of sp³-hybridized carbons (Fsp3) is 0.447. The average molecular weight is 643 g/mol. The molecule has 1 aliphatic heterocycles. The van der Waals surface area contributed by atoms with Gasteiger partial charge in [0.25, 0.3) is 0 Å². The van der Waals surface area contributed by atoms with Crippen LogP contribution in [0.15, 0.2) is 84.9 Å². The zero-order chi connectivity index (χ0) is 33.8. The van der Waals surface area contributed by atoms with Gasteiger partial charge in [-0.2, -0.15) is 0 Å². The molecule has 0 saturated carbocycles. The normalized spacial score (nSPS) is 18.7. The van der Waals surface area contributed by atoms with Crippen LogP contribution in [0.5, 0.6) is 5.75 Å². The molecule has 9 nitrogen and oxygen atoms in total. The van der Waals surface area contributed by atoms with Crippen molar-refractivity contribution in [2.24, 2.45) is 5.92 Å². The van der Waals surface area contributed by atoms with E-state index in [0.717, 1.165) is 22.4 Å². The molecule has 1 fully saturated rings. The van der Waals surface area contributed by atoms with Crippen LogP contribution in [0.2, 0.25) is 0 Å². The summed E-state index contributed by atoms with van der Waals surface area (Å²) in [6, 6.07) is 26.0. The number of aryl methyl sites for hydroxylation is 1. The summed E-state index contributed by atoms with van der Waals surface area (Å²) in [5.74, 6) is -0.156. The summed E-state index contributed by atoms with van der Waals surface area (Å²) >= 11 is 0. The summed E-state index contributed by atoms with van der Waals surface area (Å²) < 4.78 is 5.33. The number of aliphatic hydroxyl groups is 1. The van der Waals surface area contributed by atoms with Crippen molar-refractivity contribution in [3.8, 4) is 5.75 Å². The first-order chi connectivity index (χ1) is 22.7. The van der Waals surface area contributed by atoms with Crippen molar-refractivity contribution in [2.75, 3.05) is 20.2 Å². The Labute approximate surface area is 279 Å². The summed E-state index contributed by atoms with van der Waals surface area (Å²) in [4.78, 5) is 42.5. The summed E-state index contributed by atoms with van der Waals surface area (Å²) in [7, 11) is 1.63. The molecule has 4 rings (SSSR count). The Morgan fingerprint density at radius 3 is 2.28 bits per heavy atom. The highest BCUT2D eigenvalue weighted by Gasteiger charge is 2.53. The minimum absolute atomic E-state index is 0.106. The van der Waals surface area contributed by atoms with Crippen molar-refractivity contribution in [2.45, 2.75) is 83.1 Å². The first kappa shape index (κ1) is 35.6. The van der Waals surface area contributed by atoms with Gasteiger partial charge < -0.3 is 30.7 Å². The fourth-order valence-corrected chi connectivity index (χ4v) is 6.51. The molecule has 4 N–H and O–H groups in total. The molecular formula is C38H50N4O5. The van der Waals surface area contributed by atoms with E-state index in [0.29, 0.717) is 45.2 Å². The molecule has 1 aliphatic rings. The lowest BCUT2D eigenvalue weighted by Gasteiger charge is -2.36. The second kappa shape index (κ2) is 17.1. The van der Waals surface area contributed by atoms with Crippen molar-refractivity contribution >= 4 is 17.7 Å². The standard InChI is InChI=1S/C38H50N4O5/c1-5-27(2)38(41-28(3)43)21-22-42(37(38)46)34(20-19-29-13-8-6-9-14-29)36(45)40-33(24-30-15-10-7-11-16-30)35(44)26-39-25-31-17-12-18-32(23-31)47-4/h6-18,23,27,33-35,39,44H,5,19-22,24-26H2,1-4H3,(H,40,45)(H,41,43)/t27-,33-,34-,35+,38-/m0/s1. The Bertz CT molecular complexity index is 1450. The lowest BCUT2D eigenvalue weighted by atomic mass is 9.81. The number of rotatable bonds is 17. The molecule has 47 heavy (non-hydrogen) atoms. The Kier molecular flexibility index (Phi) is 13.0.